The zero-order valence-corrected chi connectivity index (χ0v) is 8.73. The molecule has 1 aromatic heterocycles. The van der Waals surface area contributed by atoms with Crippen LogP contribution in [0.2, 0.25) is 0 Å². The summed E-state index contributed by atoms with van der Waals surface area (Å²) < 4.78 is 9.49. The minimum atomic E-state index is -0.569. The van der Waals surface area contributed by atoms with Crippen molar-refractivity contribution < 1.29 is 18.7 Å². The second kappa shape index (κ2) is 4.59. The topological polar surface area (TPSA) is 81.4 Å². The Bertz CT molecular complexity index is 372. The van der Waals surface area contributed by atoms with E-state index in [2.05, 4.69) is 15.0 Å². The maximum absolute atomic E-state index is 11.0. The van der Waals surface area contributed by atoms with Crippen molar-refractivity contribution in [1.82, 2.24) is 10.3 Å². The number of nitrogens with one attached hydrogen (secondary N) is 1. The minimum Gasteiger partial charge on any atom is -0.464 e. The molecule has 1 heterocycles. The molecule has 1 atom stereocenters. The van der Waals surface area contributed by atoms with Crippen LogP contribution in [-0.2, 0) is 9.53 Å². The van der Waals surface area contributed by atoms with Crippen molar-refractivity contribution in [2.75, 3.05) is 7.11 Å². The Labute approximate surface area is 86.6 Å². The lowest BCUT2D eigenvalue weighted by molar-refractivity contribution is -0.119. The van der Waals surface area contributed by atoms with Gasteiger partial charge in [0.05, 0.1) is 7.11 Å². The number of methoxy groups -OCH3 is 1. The van der Waals surface area contributed by atoms with E-state index in [0.29, 0.717) is 0 Å². The molecule has 1 unspecified atom stereocenters. The van der Waals surface area contributed by atoms with Gasteiger partial charge in [-0.3, -0.25) is 4.79 Å². The summed E-state index contributed by atoms with van der Waals surface area (Å²) in [4.78, 5) is 25.7. The maximum atomic E-state index is 11.0. The van der Waals surface area contributed by atoms with Gasteiger partial charge in [0.25, 0.3) is 0 Å². The van der Waals surface area contributed by atoms with E-state index in [1.54, 1.807) is 6.92 Å². The summed E-state index contributed by atoms with van der Waals surface area (Å²) in [6, 6.07) is -0.374. The van der Waals surface area contributed by atoms with Crippen LogP contribution in [0.15, 0.2) is 10.7 Å². The number of carbonyl (C=O) groups is 2. The summed E-state index contributed by atoms with van der Waals surface area (Å²) in [5.74, 6) is -0.494. The lowest BCUT2D eigenvalue weighted by Gasteiger charge is -2.06. The smallest absolute Gasteiger partial charge is 0.360 e. The molecule has 6 heteroatoms. The number of ether oxygens (including phenoxy) is 1. The fraction of sp³-hybridized carbons (Fsp3) is 0.444. The molecule has 0 radical (unpaired) electrons. The Morgan fingerprint density at radius 1 is 1.60 bits per heavy atom. The van der Waals surface area contributed by atoms with Gasteiger partial charge in [0.15, 0.2) is 5.69 Å². The molecule has 15 heavy (non-hydrogen) atoms. The Morgan fingerprint density at radius 2 is 2.27 bits per heavy atom. The summed E-state index contributed by atoms with van der Waals surface area (Å²) in [5, 5.41) is 2.58. The molecule has 0 spiro atoms. The Hall–Kier alpha value is -1.85. The Morgan fingerprint density at radius 3 is 2.80 bits per heavy atom. The molecule has 1 rings (SSSR count). The largest absolute Gasteiger partial charge is 0.464 e. The van der Waals surface area contributed by atoms with E-state index in [-0.39, 0.29) is 23.5 Å². The van der Waals surface area contributed by atoms with E-state index in [9.17, 15) is 9.59 Å². The summed E-state index contributed by atoms with van der Waals surface area (Å²) in [7, 11) is 1.26. The number of amides is 1. The quantitative estimate of drug-likeness (QED) is 0.744. The molecule has 6 nitrogen and oxygen atoms in total. The highest BCUT2D eigenvalue weighted by molar-refractivity contribution is 5.86. The predicted molar refractivity (Wildman–Crippen MR) is 50.1 cm³/mol. The number of esters is 1. The van der Waals surface area contributed by atoms with Gasteiger partial charge < -0.3 is 14.5 Å². The van der Waals surface area contributed by atoms with Crippen LogP contribution in [0.1, 0.15) is 36.3 Å². The normalized spacial score (nSPS) is 11.9. The van der Waals surface area contributed by atoms with Gasteiger partial charge in [-0.05, 0) is 6.92 Å². The molecule has 0 aromatic carbocycles. The molecule has 0 aliphatic carbocycles. The van der Waals surface area contributed by atoms with Crippen molar-refractivity contribution in [3.8, 4) is 0 Å². The van der Waals surface area contributed by atoms with Crippen LogP contribution >= 0.6 is 0 Å². The van der Waals surface area contributed by atoms with Crippen LogP contribution in [0.5, 0.6) is 0 Å². The van der Waals surface area contributed by atoms with Gasteiger partial charge in [-0.2, -0.15) is 0 Å². The van der Waals surface area contributed by atoms with Crippen LogP contribution in [-0.4, -0.2) is 24.0 Å². The van der Waals surface area contributed by atoms with Crippen molar-refractivity contribution in [3.05, 3.63) is 17.8 Å². The fourth-order valence-electron chi connectivity index (χ4n) is 1.05. The summed E-state index contributed by atoms with van der Waals surface area (Å²) in [5.41, 5.74) is 0.0877. The average molecular weight is 212 g/mol. The SMILES string of the molecule is COC(=O)c1coc(C(C)NC(C)=O)n1. The van der Waals surface area contributed by atoms with E-state index in [4.69, 9.17) is 4.42 Å². The molecular weight excluding hydrogens is 200 g/mol. The number of nitrogens with zero attached hydrogens (tertiary/aromatic N) is 1. The van der Waals surface area contributed by atoms with Crippen molar-refractivity contribution in [2.24, 2.45) is 0 Å². The Balaban J connectivity index is 2.75. The molecule has 0 aliphatic rings. The molecule has 0 bridgehead atoms. The van der Waals surface area contributed by atoms with Crippen LogP contribution in [0.25, 0.3) is 0 Å². The summed E-state index contributed by atoms with van der Waals surface area (Å²) >= 11 is 0. The number of rotatable bonds is 3. The van der Waals surface area contributed by atoms with Gasteiger partial charge >= 0.3 is 5.97 Å². The highest BCUT2D eigenvalue weighted by Crippen LogP contribution is 2.12. The molecule has 0 aliphatic heterocycles. The minimum absolute atomic E-state index is 0.0877. The zero-order valence-electron chi connectivity index (χ0n) is 8.73. The molecule has 0 fully saturated rings. The number of hydrogen-bond acceptors (Lipinski definition) is 5. The fourth-order valence-corrected chi connectivity index (χ4v) is 1.05. The predicted octanol–water partition coefficient (Wildman–Crippen LogP) is 0.658. The monoisotopic (exact) mass is 212 g/mol. The van der Waals surface area contributed by atoms with Gasteiger partial charge in [-0.1, -0.05) is 0 Å². The third kappa shape index (κ3) is 2.80. The number of hydrogen-bond donors (Lipinski definition) is 1. The van der Waals surface area contributed by atoms with E-state index < -0.39 is 5.97 Å². The van der Waals surface area contributed by atoms with Crippen molar-refractivity contribution in [1.29, 1.82) is 0 Å². The second-order valence-corrected chi connectivity index (χ2v) is 2.98. The van der Waals surface area contributed by atoms with Gasteiger partial charge in [0.2, 0.25) is 11.8 Å². The first-order valence-electron chi connectivity index (χ1n) is 4.35. The third-order valence-electron chi connectivity index (χ3n) is 1.71. The molecule has 1 aromatic rings. The van der Waals surface area contributed by atoms with Crippen LogP contribution in [0.3, 0.4) is 0 Å². The lowest BCUT2D eigenvalue weighted by atomic mass is 10.3. The van der Waals surface area contributed by atoms with Gasteiger partial charge in [0, 0.05) is 6.92 Å². The molecule has 1 amide bonds. The standard InChI is InChI=1S/C9H12N2O4/c1-5(10-6(2)12)8-11-7(4-15-8)9(13)14-3/h4-5H,1-3H3,(H,10,12). The van der Waals surface area contributed by atoms with E-state index in [0.717, 1.165) is 0 Å². The highest BCUT2D eigenvalue weighted by Gasteiger charge is 2.17. The van der Waals surface area contributed by atoms with E-state index in [1.165, 1.54) is 20.3 Å². The molecule has 1 N–H and O–H groups in total. The van der Waals surface area contributed by atoms with Crippen molar-refractivity contribution in [2.45, 2.75) is 19.9 Å². The van der Waals surface area contributed by atoms with E-state index >= 15 is 0 Å². The molecule has 0 saturated heterocycles. The molecule has 0 saturated carbocycles. The first-order valence-corrected chi connectivity index (χ1v) is 4.35. The summed E-state index contributed by atoms with van der Waals surface area (Å²) in [6.07, 6.45) is 1.19. The van der Waals surface area contributed by atoms with Crippen LogP contribution in [0, 0.1) is 0 Å². The first kappa shape index (κ1) is 11.2. The molecule has 82 valence electrons. The Kier molecular flexibility index (Phi) is 3.43. The number of oxazole rings is 1. The van der Waals surface area contributed by atoms with Crippen molar-refractivity contribution >= 4 is 11.9 Å². The second-order valence-electron chi connectivity index (χ2n) is 2.98. The zero-order chi connectivity index (χ0) is 11.4. The van der Waals surface area contributed by atoms with Gasteiger partial charge in [-0.25, -0.2) is 9.78 Å². The number of aromatic nitrogens is 1. The highest BCUT2D eigenvalue weighted by atomic mass is 16.5. The van der Waals surface area contributed by atoms with Crippen molar-refractivity contribution in [3.63, 3.8) is 0 Å². The van der Waals surface area contributed by atoms with E-state index in [1.807, 2.05) is 0 Å². The third-order valence-corrected chi connectivity index (χ3v) is 1.71. The van der Waals surface area contributed by atoms with Gasteiger partial charge in [-0.15, -0.1) is 0 Å². The number of carbonyl (C=O) groups excluding carboxylic acids is 2. The van der Waals surface area contributed by atoms with Crippen LogP contribution in [0.4, 0.5) is 0 Å². The maximum Gasteiger partial charge on any atom is 0.360 e. The van der Waals surface area contributed by atoms with Crippen LogP contribution < -0.4 is 5.32 Å². The lowest BCUT2D eigenvalue weighted by Crippen LogP contribution is -2.23. The van der Waals surface area contributed by atoms with Gasteiger partial charge in [0.1, 0.15) is 12.3 Å². The first-order chi connectivity index (χ1) is 7.04. The molecular formula is C9H12N2O4. The summed E-state index contributed by atoms with van der Waals surface area (Å²) in [6.45, 7) is 3.09. The average Bonchev–Trinajstić information content (AvgIpc) is 2.64.